The van der Waals surface area contributed by atoms with E-state index < -0.39 is 0 Å². The summed E-state index contributed by atoms with van der Waals surface area (Å²) in [7, 11) is 0. The molecule has 0 spiro atoms. The van der Waals surface area contributed by atoms with Crippen LogP contribution < -0.4 is 4.90 Å². The van der Waals surface area contributed by atoms with E-state index in [2.05, 4.69) is 210 Å². The first kappa shape index (κ1) is 31.0. The van der Waals surface area contributed by atoms with Gasteiger partial charge in [0.2, 0.25) is 0 Å². The van der Waals surface area contributed by atoms with Gasteiger partial charge in [-0.3, -0.25) is 4.57 Å². The number of aromatic nitrogens is 2. The fraction of sp³-hybridized carbons (Fsp3) is 0. The summed E-state index contributed by atoms with van der Waals surface area (Å²) in [6.45, 7) is 0. The second-order valence-corrected chi connectivity index (χ2v) is 12.9. The monoisotopic (exact) mass is 665 g/mol. The lowest BCUT2D eigenvalue weighted by Crippen LogP contribution is -2.09. The third kappa shape index (κ3) is 6.06. The summed E-state index contributed by atoms with van der Waals surface area (Å²) in [5.74, 6) is 0.940. The maximum absolute atomic E-state index is 5.03. The number of hydrogen-bond acceptors (Lipinski definition) is 2. The smallest absolute Gasteiger partial charge is 0.145 e. The third-order valence-electron chi connectivity index (χ3n) is 9.64. The number of benzene rings is 8. The summed E-state index contributed by atoms with van der Waals surface area (Å²) in [5.41, 5.74) is 14.8. The Balaban J connectivity index is 0.928. The predicted octanol–water partition coefficient (Wildman–Crippen LogP) is 13.2. The SMILES string of the molecule is c1ccc(N(c2ccccc2)c2ccc(-c3ccc(-c4ccc(-c5ccc(-c6nc7ccccc7n6-c6ccccc6)cc5)cc4)cc3)cc2)cc1. The van der Waals surface area contributed by atoms with E-state index in [1.807, 2.05) is 12.1 Å². The van der Waals surface area contributed by atoms with E-state index in [1.165, 1.54) is 33.4 Å². The Morgan fingerprint density at radius 2 is 0.654 bits per heavy atom. The van der Waals surface area contributed by atoms with Crippen molar-refractivity contribution < 1.29 is 0 Å². The Labute approximate surface area is 304 Å². The minimum Gasteiger partial charge on any atom is -0.311 e. The molecule has 8 aromatic carbocycles. The van der Waals surface area contributed by atoms with Crippen LogP contribution in [0.15, 0.2) is 212 Å². The van der Waals surface area contributed by atoms with E-state index in [4.69, 9.17) is 4.98 Å². The van der Waals surface area contributed by atoms with Crippen molar-refractivity contribution in [1.82, 2.24) is 9.55 Å². The largest absolute Gasteiger partial charge is 0.311 e. The van der Waals surface area contributed by atoms with E-state index in [0.29, 0.717) is 0 Å². The summed E-state index contributed by atoms with van der Waals surface area (Å²) < 4.78 is 2.24. The molecular formula is C49H35N3. The van der Waals surface area contributed by atoms with Gasteiger partial charge in [-0.2, -0.15) is 0 Å². The molecule has 0 atom stereocenters. The lowest BCUT2D eigenvalue weighted by Gasteiger charge is -2.25. The maximum Gasteiger partial charge on any atom is 0.145 e. The normalized spacial score (nSPS) is 11.1. The molecule has 0 aliphatic carbocycles. The highest BCUT2D eigenvalue weighted by atomic mass is 15.1. The zero-order valence-corrected chi connectivity index (χ0v) is 28.5. The van der Waals surface area contributed by atoms with Gasteiger partial charge in [0.05, 0.1) is 11.0 Å². The van der Waals surface area contributed by atoms with Crippen LogP contribution in [0.2, 0.25) is 0 Å². The van der Waals surface area contributed by atoms with Crippen LogP contribution in [0.4, 0.5) is 17.1 Å². The van der Waals surface area contributed by atoms with Crippen molar-refractivity contribution in [3.63, 3.8) is 0 Å². The van der Waals surface area contributed by atoms with Gasteiger partial charge in [0.25, 0.3) is 0 Å². The Bertz CT molecular complexity index is 2520. The molecule has 246 valence electrons. The van der Waals surface area contributed by atoms with Gasteiger partial charge in [-0.15, -0.1) is 0 Å². The van der Waals surface area contributed by atoms with Gasteiger partial charge in [0.15, 0.2) is 0 Å². The average Bonchev–Trinajstić information content (AvgIpc) is 3.62. The summed E-state index contributed by atoms with van der Waals surface area (Å²) in [4.78, 5) is 7.31. The molecule has 0 fully saturated rings. The quantitative estimate of drug-likeness (QED) is 0.161. The molecule has 0 N–H and O–H groups in total. The summed E-state index contributed by atoms with van der Waals surface area (Å²) in [5, 5.41) is 0. The van der Waals surface area contributed by atoms with Crippen LogP contribution in [-0.4, -0.2) is 9.55 Å². The second kappa shape index (κ2) is 13.7. The highest BCUT2D eigenvalue weighted by Gasteiger charge is 2.15. The van der Waals surface area contributed by atoms with Gasteiger partial charge in [-0.25, -0.2) is 4.98 Å². The molecule has 1 heterocycles. The molecule has 0 bridgehead atoms. The fourth-order valence-corrected chi connectivity index (χ4v) is 6.98. The number of rotatable bonds is 8. The summed E-state index contributed by atoms with van der Waals surface area (Å²) >= 11 is 0. The van der Waals surface area contributed by atoms with Gasteiger partial charge >= 0.3 is 0 Å². The lowest BCUT2D eigenvalue weighted by atomic mass is 9.97. The van der Waals surface area contributed by atoms with Crippen molar-refractivity contribution in [2.45, 2.75) is 0 Å². The first-order valence-electron chi connectivity index (χ1n) is 17.6. The molecule has 3 nitrogen and oxygen atoms in total. The lowest BCUT2D eigenvalue weighted by molar-refractivity contribution is 1.10. The molecule has 9 aromatic rings. The van der Waals surface area contributed by atoms with Crippen molar-refractivity contribution in [2.75, 3.05) is 4.90 Å². The van der Waals surface area contributed by atoms with E-state index in [-0.39, 0.29) is 0 Å². The van der Waals surface area contributed by atoms with Crippen LogP contribution in [0.3, 0.4) is 0 Å². The van der Waals surface area contributed by atoms with Gasteiger partial charge in [0, 0.05) is 28.3 Å². The van der Waals surface area contributed by atoms with Gasteiger partial charge in [-0.1, -0.05) is 152 Å². The van der Waals surface area contributed by atoms with Crippen molar-refractivity contribution in [1.29, 1.82) is 0 Å². The highest BCUT2D eigenvalue weighted by Crippen LogP contribution is 2.36. The molecule has 0 radical (unpaired) electrons. The number of hydrogen-bond donors (Lipinski definition) is 0. The van der Waals surface area contributed by atoms with Crippen molar-refractivity contribution in [3.05, 3.63) is 212 Å². The first-order chi connectivity index (χ1) is 25.8. The number of imidazole rings is 1. The van der Waals surface area contributed by atoms with E-state index >= 15 is 0 Å². The van der Waals surface area contributed by atoms with Gasteiger partial charge in [-0.05, 0) is 94.0 Å². The Kier molecular flexibility index (Phi) is 8.20. The topological polar surface area (TPSA) is 21.1 Å². The van der Waals surface area contributed by atoms with Crippen LogP contribution in [0.1, 0.15) is 0 Å². The zero-order valence-electron chi connectivity index (χ0n) is 28.5. The molecule has 0 aliphatic rings. The standard InChI is InChI=1S/C49H35N3/c1-4-12-43(13-5-1)51(44-14-6-2-7-15-44)46-34-32-41(33-35-46)39-26-24-37(25-27-39)36-20-22-38(23-21-36)40-28-30-42(31-29-40)49-50-47-18-10-11-19-48(47)52(49)45-16-8-3-9-17-45/h1-35H. The number of para-hydroxylation sites is 5. The molecule has 1 aromatic heterocycles. The Morgan fingerprint density at radius 1 is 0.308 bits per heavy atom. The van der Waals surface area contributed by atoms with Gasteiger partial charge < -0.3 is 4.90 Å². The van der Waals surface area contributed by atoms with E-state index in [1.54, 1.807) is 0 Å². The summed E-state index contributed by atoms with van der Waals surface area (Å²) in [6.07, 6.45) is 0. The maximum atomic E-state index is 5.03. The van der Waals surface area contributed by atoms with Crippen LogP contribution in [-0.2, 0) is 0 Å². The average molecular weight is 666 g/mol. The Morgan fingerprint density at radius 3 is 1.12 bits per heavy atom. The van der Waals surface area contributed by atoms with E-state index in [9.17, 15) is 0 Å². The summed E-state index contributed by atoms with van der Waals surface area (Å²) in [6, 6.07) is 75.0. The molecule has 52 heavy (non-hydrogen) atoms. The van der Waals surface area contributed by atoms with Crippen molar-refractivity contribution in [3.8, 4) is 50.5 Å². The second-order valence-electron chi connectivity index (χ2n) is 12.9. The van der Waals surface area contributed by atoms with Crippen LogP contribution >= 0.6 is 0 Å². The molecule has 9 rings (SSSR count). The van der Waals surface area contributed by atoms with E-state index in [0.717, 1.165) is 45.2 Å². The molecule has 3 heteroatoms. The predicted molar refractivity (Wildman–Crippen MR) is 217 cm³/mol. The number of anilines is 3. The van der Waals surface area contributed by atoms with Crippen molar-refractivity contribution in [2.24, 2.45) is 0 Å². The first-order valence-corrected chi connectivity index (χ1v) is 17.6. The molecule has 0 aliphatic heterocycles. The van der Waals surface area contributed by atoms with Crippen molar-refractivity contribution >= 4 is 28.1 Å². The molecule has 0 saturated heterocycles. The zero-order chi connectivity index (χ0) is 34.7. The highest BCUT2D eigenvalue weighted by molar-refractivity contribution is 5.84. The van der Waals surface area contributed by atoms with Crippen LogP contribution in [0.5, 0.6) is 0 Å². The molecule has 0 unspecified atom stereocenters. The fourth-order valence-electron chi connectivity index (χ4n) is 6.98. The Hall–Kier alpha value is -6.97. The molecular weight excluding hydrogens is 631 g/mol. The molecule has 0 amide bonds. The third-order valence-corrected chi connectivity index (χ3v) is 9.64. The van der Waals surface area contributed by atoms with Gasteiger partial charge in [0.1, 0.15) is 5.82 Å². The number of nitrogens with zero attached hydrogens (tertiary/aromatic N) is 3. The number of fused-ring (bicyclic) bond motifs is 1. The molecule has 0 saturated carbocycles. The minimum atomic E-state index is 0.940. The van der Waals surface area contributed by atoms with Crippen LogP contribution in [0.25, 0.3) is 61.5 Å². The minimum absolute atomic E-state index is 0.940. The van der Waals surface area contributed by atoms with Crippen LogP contribution in [0, 0.1) is 0 Å².